The highest BCUT2D eigenvalue weighted by atomic mass is 127. The largest absolute Gasteiger partial charge is 0.307 e. The molecule has 3 nitrogen and oxygen atoms in total. The molecule has 0 atom stereocenters. The first-order chi connectivity index (χ1) is 9.65. The molecule has 1 aliphatic rings. The van der Waals surface area contributed by atoms with Crippen molar-refractivity contribution in [2.24, 2.45) is 0 Å². The minimum atomic E-state index is -0.0585. The number of fused-ring (bicyclic) bond motifs is 1. The molecule has 1 amide bonds. The Morgan fingerprint density at radius 3 is 2.90 bits per heavy atom. The van der Waals surface area contributed by atoms with Gasteiger partial charge in [-0.15, -0.1) is 0 Å². The number of aromatic nitrogens is 1. The number of hydrogen-bond acceptors (Lipinski definition) is 2. The summed E-state index contributed by atoms with van der Waals surface area (Å²) in [5.41, 5.74) is 4.23. The summed E-state index contributed by atoms with van der Waals surface area (Å²) in [6.45, 7) is 1.94. The van der Waals surface area contributed by atoms with E-state index in [0.29, 0.717) is 5.82 Å². The van der Waals surface area contributed by atoms with E-state index in [9.17, 15) is 4.79 Å². The van der Waals surface area contributed by atoms with Gasteiger partial charge in [-0.05, 0) is 78.1 Å². The number of nitrogens with zero attached hydrogens (tertiary/aromatic N) is 1. The standard InChI is InChI=1S/C16H15IN2O/c1-10-14(17)8-9-15(18-10)19-16(20)13-7-3-5-11-4-2-6-12(11)13/h3,5,7-9H,2,4,6H2,1H3,(H,18,19,20). The maximum atomic E-state index is 12.4. The van der Waals surface area contributed by atoms with Gasteiger partial charge in [0.15, 0.2) is 0 Å². The molecule has 20 heavy (non-hydrogen) atoms. The number of anilines is 1. The van der Waals surface area contributed by atoms with Gasteiger partial charge < -0.3 is 5.32 Å². The molecular weight excluding hydrogens is 363 g/mol. The van der Waals surface area contributed by atoms with Crippen LogP contribution in [0.25, 0.3) is 0 Å². The lowest BCUT2D eigenvalue weighted by molar-refractivity contribution is 0.102. The average molecular weight is 378 g/mol. The van der Waals surface area contributed by atoms with Gasteiger partial charge in [0.1, 0.15) is 5.82 Å². The van der Waals surface area contributed by atoms with Gasteiger partial charge in [0.05, 0.1) is 5.69 Å². The van der Waals surface area contributed by atoms with Crippen LogP contribution in [0.15, 0.2) is 30.3 Å². The summed E-state index contributed by atoms with van der Waals surface area (Å²) in [5, 5.41) is 2.90. The van der Waals surface area contributed by atoms with Crippen LogP contribution in [0, 0.1) is 10.5 Å². The molecule has 3 rings (SSSR count). The zero-order valence-corrected chi connectivity index (χ0v) is 13.4. The molecule has 0 aliphatic heterocycles. The second-order valence-corrected chi connectivity index (χ2v) is 6.18. The van der Waals surface area contributed by atoms with E-state index >= 15 is 0 Å². The zero-order valence-electron chi connectivity index (χ0n) is 11.2. The molecule has 0 unspecified atom stereocenters. The predicted molar refractivity (Wildman–Crippen MR) is 88.1 cm³/mol. The summed E-state index contributed by atoms with van der Waals surface area (Å²) in [7, 11) is 0. The molecular formula is C16H15IN2O. The number of carbonyl (C=O) groups excluding carboxylic acids is 1. The quantitative estimate of drug-likeness (QED) is 0.810. The van der Waals surface area contributed by atoms with E-state index in [1.165, 1.54) is 11.1 Å². The summed E-state index contributed by atoms with van der Waals surface area (Å²) in [4.78, 5) is 16.8. The van der Waals surface area contributed by atoms with Crippen LogP contribution in [-0.4, -0.2) is 10.9 Å². The summed E-state index contributed by atoms with van der Waals surface area (Å²) in [6.07, 6.45) is 3.22. The van der Waals surface area contributed by atoms with Crippen molar-refractivity contribution < 1.29 is 4.79 Å². The van der Waals surface area contributed by atoms with E-state index in [-0.39, 0.29) is 5.91 Å². The second kappa shape index (κ2) is 5.52. The Kier molecular flexibility index (Phi) is 3.74. The van der Waals surface area contributed by atoms with E-state index in [2.05, 4.69) is 39.0 Å². The smallest absolute Gasteiger partial charge is 0.257 e. The molecule has 1 N–H and O–H groups in total. The van der Waals surface area contributed by atoms with Crippen molar-refractivity contribution in [3.8, 4) is 0 Å². The predicted octanol–water partition coefficient (Wildman–Crippen LogP) is 3.74. The molecule has 0 radical (unpaired) electrons. The molecule has 2 aromatic rings. The number of hydrogen-bond donors (Lipinski definition) is 1. The fraction of sp³-hybridized carbons (Fsp3) is 0.250. The Hall–Kier alpha value is -1.43. The van der Waals surface area contributed by atoms with Gasteiger partial charge in [0.25, 0.3) is 5.91 Å². The van der Waals surface area contributed by atoms with Crippen molar-refractivity contribution >= 4 is 34.3 Å². The van der Waals surface area contributed by atoms with Crippen molar-refractivity contribution in [1.29, 1.82) is 0 Å². The molecule has 1 aliphatic carbocycles. The summed E-state index contributed by atoms with van der Waals surface area (Å²) in [5.74, 6) is 0.556. The normalized spacial score (nSPS) is 13.1. The van der Waals surface area contributed by atoms with Crippen LogP contribution in [-0.2, 0) is 12.8 Å². The Balaban J connectivity index is 1.87. The Morgan fingerprint density at radius 2 is 2.10 bits per heavy atom. The number of carbonyl (C=O) groups is 1. The van der Waals surface area contributed by atoms with Gasteiger partial charge >= 0.3 is 0 Å². The number of aryl methyl sites for hydroxylation is 2. The number of nitrogens with one attached hydrogen (secondary N) is 1. The van der Waals surface area contributed by atoms with E-state index in [0.717, 1.165) is 34.1 Å². The molecule has 4 heteroatoms. The first-order valence-corrected chi connectivity index (χ1v) is 7.78. The van der Waals surface area contributed by atoms with Crippen molar-refractivity contribution in [2.45, 2.75) is 26.2 Å². The van der Waals surface area contributed by atoms with E-state index in [4.69, 9.17) is 0 Å². The highest BCUT2D eigenvalue weighted by Crippen LogP contribution is 2.25. The molecule has 0 saturated heterocycles. The summed E-state index contributed by atoms with van der Waals surface area (Å²) in [6, 6.07) is 9.79. The fourth-order valence-corrected chi connectivity index (χ4v) is 2.93. The van der Waals surface area contributed by atoms with Crippen molar-refractivity contribution in [1.82, 2.24) is 4.98 Å². The minimum absolute atomic E-state index is 0.0585. The van der Waals surface area contributed by atoms with Crippen LogP contribution in [0.1, 0.15) is 33.6 Å². The Morgan fingerprint density at radius 1 is 1.25 bits per heavy atom. The van der Waals surface area contributed by atoms with Gasteiger partial charge in [0.2, 0.25) is 0 Å². The van der Waals surface area contributed by atoms with Gasteiger partial charge in [-0.25, -0.2) is 4.98 Å². The molecule has 1 aromatic heterocycles. The molecule has 0 saturated carbocycles. The first kappa shape index (κ1) is 13.5. The minimum Gasteiger partial charge on any atom is -0.307 e. The lowest BCUT2D eigenvalue weighted by atomic mass is 10.0. The monoisotopic (exact) mass is 378 g/mol. The SMILES string of the molecule is Cc1nc(NC(=O)c2cccc3c2CCC3)ccc1I. The third-order valence-electron chi connectivity index (χ3n) is 3.65. The summed E-state index contributed by atoms with van der Waals surface area (Å²) >= 11 is 2.23. The number of benzene rings is 1. The molecule has 0 fully saturated rings. The molecule has 0 bridgehead atoms. The first-order valence-electron chi connectivity index (χ1n) is 6.70. The lowest BCUT2D eigenvalue weighted by Crippen LogP contribution is -2.15. The van der Waals surface area contributed by atoms with Gasteiger partial charge in [0, 0.05) is 9.13 Å². The maximum absolute atomic E-state index is 12.4. The highest BCUT2D eigenvalue weighted by molar-refractivity contribution is 14.1. The van der Waals surface area contributed by atoms with Crippen LogP contribution in [0.4, 0.5) is 5.82 Å². The van der Waals surface area contributed by atoms with Crippen molar-refractivity contribution in [3.05, 3.63) is 56.3 Å². The van der Waals surface area contributed by atoms with Gasteiger partial charge in [-0.3, -0.25) is 4.79 Å². The van der Waals surface area contributed by atoms with Gasteiger partial charge in [-0.1, -0.05) is 12.1 Å². The third-order valence-corrected chi connectivity index (χ3v) is 4.79. The van der Waals surface area contributed by atoms with Crippen LogP contribution < -0.4 is 5.32 Å². The van der Waals surface area contributed by atoms with Crippen LogP contribution in [0.2, 0.25) is 0 Å². The van der Waals surface area contributed by atoms with Crippen molar-refractivity contribution in [2.75, 3.05) is 5.32 Å². The molecule has 0 spiro atoms. The number of rotatable bonds is 2. The molecule has 1 aromatic carbocycles. The Bertz CT molecular complexity index is 682. The van der Waals surface area contributed by atoms with E-state index < -0.39 is 0 Å². The third kappa shape index (κ3) is 2.57. The van der Waals surface area contributed by atoms with E-state index in [1.807, 2.05) is 31.2 Å². The number of halogens is 1. The van der Waals surface area contributed by atoms with Gasteiger partial charge in [-0.2, -0.15) is 0 Å². The Labute approximate surface area is 132 Å². The average Bonchev–Trinajstić information content (AvgIpc) is 2.91. The molecule has 1 heterocycles. The van der Waals surface area contributed by atoms with Crippen LogP contribution in [0.3, 0.4) is 0 Å². The highest BCUT2D eigenvalue weighted by Gasteiger charge is 2.18. The lowest BCUT2D eigenvalue weighted by Gasteiger charge is -2.09. The van der Waals surface area contributed by atoms with E-state index in [1.54, 1.807) is 0 Å². The van der Waals surface area contributed by atoms with Crippen molar-refractivity contribution in [3.63, 3.8) is 0 Å². The molecule has 102 valence electrons. The van der Waals surface area contributed by atoms with Crippen LogP contribution in [0.5, 0.6) is 0 Å². The summed E-state index contributed by atoms with van der Waals surface area (Å²) < 4.78 is 1.10. The number of pyridine rings is 1. The maximum Gasteiger partial charge on any atom is 0.257 e. The topological polar surface area (TPSA) is 42.0 Å². The van der Waals surface area contributed by atoms with Crippen LogP contribution >= 0.6 is 22.6 Å². The number of amides is 1. The fourth-order valence-electron chi connectivity index (χ4n) is 2.63. The zero-order chi connectivity index (χ0) is 14.1. The second-order valence-electron chi connectivity index (χ2n) is 5.01.